The molecule has 104 valence electrons. The first kappa shape index (κ1) is 14.3. The molecule has 1 aromatic carbocycles. The second-order valence-electron chi connectivity index (χ2n) is 3.98. The van der Waals surface area contributed by atoms with Crippen molar-refractivity contribution >= 4 is 23.7 Å². The average molecular weight is 292 g/mol. The smallest absolute Gasteiger partial charge is 0.156 e. The molecule has 0 aliphatic heterocycles. The van der Waals surface area contributed by atoms with E-state index in [0.29, 0.717) is 25.3 Å². The van der Waals surface area contributed by atoms with Crippen LogP contribution in [0.2, 0.25) is 5.15 Å². The molecule has 6 heteroatoms. The standard InChI is InChI=1S/C14H14ClN3O2/c1-2-20-11-5-3-4-10(6-11)7-16-14-12(8-19)13(15)17-9-18-14/h3-6,8-9H,2,7H2,1H3,(H,16,17,18). The zero-order valence-corrected chi connectivity index (χ0v) is 11.7. The van der Waals surface area contributed by atoms with Gasteiger partial charge in [0, 0.05) is 6.54 Å². The van der Waals surface area contributed by atoms with Gasteiger partial charge in [0.1, 0.15) is 23.0 Å². The van der Waals surface area contributed by atoms with Crippen molar-refractivity contribution in [2.75, 3.05) is 11.9 Å². The van der Waals surface area contributed by atoms with Crippen molar-refractivity contribution in [2.24, 2.45) is 0 Å². The van der Waals surface area contributed by atoms with Crippen LogP contribution in [0.4, 0.5) is 5.82 Å². The van der Waals surface area contributed by atoms with Gasteiger partial charge in [-0.15, -0.1) is 0 Å². The largest absolute Gasteiger partial charge is 0.494 e. The van der Waals surface area contributed by atoms with Crippen LogP contribution in [-0.4, -0.2) is 22.9 Å². The SMILES string of the molecule is CCOc1cccc(CNc2ncnc(Cl)c2C=O)c1. The number of hydrogen-bond acceptors (Lipinski definition) is 5. The number of carbonyl (C=O) groups excluding carboxylic acids is 1. The average Bonchev–Trinajstić information content (AvgIpc) is 2.46. The van der Waals surface area contributed by atoms with E-state index in [-0.39, 0.29) is 10.7 Å². The molecule has 0 fully saturated rings. The van der Waals surface area contributed by atoms with E-state index in [0.717, 1.165) is 11.3 Å². The van der Waals surface area contributed by atoms with E-state index in [2.05, 4.69) is 15.3 Å². The minimum atomic E-state index is 0.139. The fourth-order valence-electron chi connectivity index (χ4n) is 1.72. The van der Waals surface area contributed by atoms with Crippen molar-refractivity contribution in [3.05, 3.63) is 46.9 Å². The highest BCUT2D eigenvalue weighted by Gasteiger charge is 2.08. The fraction of sp³-hybridized carbons (Fsp3) is 0.214. The summed E-state index contributed by atoms with van der Waals surface area (Å²) in [4.78, 5) is 18.8. The molecular weight excluding hydrogens is 278 g/mol. The number of anilines is 1. The van der Waals surface area contributed by atoms with Crippen LogP contribution in [0.3, 0.4) is 0 Å². The molecule has 0 aliphatic rings. The second-order valence-corrected chi connectivity index (χ2v) is 4.34. The molecule has 0 unspecified atom stereocenters. The molecular formula is C14H14ClN3O2. The van der Waals surface area contributed by atoms with Crippen LogP contribution in [0.25, 0.3) is 0 Å². The quantitative estimate of drug-likeness (QED) is 0.655. The number of carbonyl (C=O) groups is 1. The van der Waals surface area contributed by atoms with Crippen molar-refractivity contribution in [2.45, 2.75) is 13.5 Å². The van der Waals surface area contributed by atoms with Gasteiger partial charge < -0.3 is 10.1 Å². The number of hydrogen-bond donors (Lipinski definition) is 1. The van der Waals surface area contributed by atoms with Gasteiger partial charge in [-0.1, -0.05) is 23.7 Å². The minimum Gasteiger partial charge on any atom is -0.494 e. The number of halogens is 1. The summed E-state index contributed by atoms with van der Waals surface area (Å²) in [6, 6.07) is 7.69. The molecule has 2 aromatic rings. The van der Waals surface area contributed by atoms with Crippen molar-refractivity contribution in [1.82, 2.24) is 9.97 Å². The van der Waals surface area contributed by atoms with E-state index in [1.165, 1.54) is 6.33 Å². The van der Waals surface area contributed by atoms with Crippen molar-refractivity contribution < 1.29 is 9.53 Å². The Morgan fingerprint density at radius 1 is 1.40 bits per heavy atom. The molecule has 0 amide bonds. The van der Waals surface area contributed by atoms with Gasteiger partial charge in [0.25, 0.3) is 0 Å². The first-order valence-corrected chi connectivity index (χ1v) is 6.53. The molecule has 0 spiro atoms. The number of nitrogens with zero attached hydrogens (tertiary/aromatic N) is 2. The molecule has 1 aromatic heterocycles. The summed E-state index contributed by atoms with van der Waals surface area (Å²) >= 11 is 5.84. The fourth-order valence-corrected chi connectivity index (χ4v) is 1.89. The molecule has 5 nitrogen and oxygen atoms in total. The summed E-state index contributed by atoms with van der Waals surface area (Å²) in [7, 11) is 0. The van der Waals surface area contributed by atoms with Gasteiger partial charge in [0.15, 0.2) is 6.29 Å². The highest BCUT2D eigenvalue weighted by molar-refractivity contribution is 6.32. The van der Waals surface area contributed by atoms with Crippen molar-refractivity contribution in [3.63, 3.8) is 0 Å². The summed E-state index contributed by atoms with van der Waals surface area (Å²) in [6.45, 7) is 3.06. The summed E-state index contributed by atoms with van der Waals surface area (Å²) in [5.41, 5.74) is 1.28. The molecule has 2 rings (SSSR count). The molecule has 1 heterocycles. The number of aldehydes is 1. The predicted octanol–water partition coefficient (Wildman–Crippen LogP) is 2.95. The number of ether oxygens (including phenoxy) is 1. The van der Waals surface area contributed by atoms with E-state index in [1.807, 2.05) is 31.2 Å². The van der Waals surface area contributed by atoms with E-state index < -0.39 is 0 Å². The molecule has 1 N–H and O–H groups in total. The second kappa shape index (κ2) is 6.86. The Hall–Kier alpha value is -2.14. The van der Waals surface area contributed by atoms with Gasteiger partial charge in [-0.05, 0) is 24.6 Å². The lowest BCUT2D eigenvalue weighted by molar-refractivity contribution is 0.112. The van der Waals surface area contributed by atoms with Crippen LogP contribution in [0.1, 0.15) is 22.8 Å². The van der Waals surface area contributed by atoms with E-state index in [9.17, 15) is 4.79 Å². The first-order valence-electron chi connectivity index (χ1n) is 6.16. The molecule has 20 heavy (non-hydrogen) atoms. The van der Waals surface area contributed by atoms with Gasteiger partial charge in [-0.2, -0.15) is 0 Å². The van der Waals surface area contributed by atoms with Crippen LogP contribution < -0.4 is 10.1 Å². The molecule has 0 atom stereocenters. The highest BCUT2D eigenvalue weighted by atomic mass is 35.5. The third-order valence-electron chi connectivity index (χ3n) is 2.62. The zero-order chi connectivity index (χ0) is 14.4. The summed E-state index contributed by atoms with van der Waals surface area (Å²) < 4.78 is 5.43. The molecule has 0 bridgehead atoms. The summed E-state index contributed by atoms with van der Waals surface area (Å²) in [6.07, 6.45) is 1.95. The van der Waals surface area contributed by atoms with Crippen LogP contribution >= 0.6 is 11.6 Å². The Morgan fingerprint density at radius 3 is 3.00 bits per heavy atom. The number of aromatic nitrogens is 2. The lowest BCUT2D eigenvalue weighted by atomic mass is 10.2. The van der Waals surface area contributed by atoms with Crippen molar-refractivity contribution in [3.8, 4) is 5.75 Å². The van der Waals surface area contributed by atoms with E-state index in [4.69, 9.17) is 16.3 Å². The molecule has 0 saturated heterocycles. The summed E-state index contributed by atoms with van der Waals surface area (Å²) in [5.74, 6) is 1.23. The Bertz CT molecular complexity index is 605. The van der Waals surface area contributed by atoms with Gasteiger partial charge in [-0.3, -0.25) is 4.79 Å². The Balaban J connectivity index is 2.11. The van der Waals surface area contributed by atoms with Crippen LogP contribution in [-0.2, 0) is 6.54 Å². The number of nitrogens with one attached hydrogen (secondary N) is 1. The van der Waals surface area contributed by atoms with E-state index >= 15 is 0 Å². The Labute approximate surface area is 122 Å². The maximum Gasteiger partial charge on any atom is 0.156 e. The highest BCUT2D eigenvalue weighted by Crippen LogP contribution is 2.19. The van der Waals surface area contributed by atoms with E-state index in [1.54, 1.807) is 0 Å². The van der Waals surface area contributed by atoms with Crippen LogP contribution in [0.5, 0.6) is 5.75 Å². The van der Waals surface area contributed by atoms with Gasteiger partial charge in [-0.25, -0.2) is 9.97 Å². The third-order valence-corrected chi connectivity index (χ3v) is 2.92. The zero-order valence-electron chi connectivity index (χ0n) is 11.0. The van der Waals surface area contributed by atoms with Crippen LogP contribution in [0, 0.1) is 0 Å². The Kier molecular flexibility index (Phi) is 4.90. The monoisotopic (exact) mass is 291 g/mol. The minimum absolute atomic E-state index is 0.139. The normalized spacial score (nSPS) is 10.1. The van der Waals surface area contributed by atoms with Gasteiger partial charge >= 0.3 is 0 Å². The lowest BCUT2D eigenvalue weighted by Crippen LogP contribution is -2.06. The molecule has 0 aliphatic carbocycles. The third kappa shape index (κ3) is 3.45. The number of benzene rings is 1. The number of rotatable bonds is 6. The Morgan fingerprint density at radius 2 is 2.25 bits per heavy atom. The van der Waals surface area contributed by atoms with Crippen LogP contribution in [0.15, 0.2) is 30.6 Å². The van der Waals surface area contributed by atoms with Gasteiger partial charge in [0.05, 0.1) is 12.2 Å². The predicted molar refractivity (Wildman–Crippen MR) is 77.4 cm³/mol. The first-order chi connectivity index (χ1) is 9.74. The van der Waals surface area contributed by atoms with Gasteiger partial charge in [0.2, 0.25) is 0 Å². The maximum atomic E-state index is 11.0. The molecule has 0 saturated carbocycles. The topological polar surface area (TPSA) is 64.1 Å². The maximum absolute atomic E-state index is 11.0. The summed E-state index contributed by atoms with van der Waals surface area (Å²) in [5, 5.41) is 3.21. The van der Waals surface area contributed by atoms with Crippen molar-refractivity contribution in [1.29, 1.82) is 0 Å². The molecule has 0 radical (unpaired) electrons. The lowest BCUT2D eigenvalue weighted by Gasteiger charge is -2.09.